The van der Waals surface area contributed by atoms with E-state index in [0.29, 0.717) is 23.8 Å². The van der Waals surface area contributed by atoms with Crippen molar-refractivity contribution in [3.63, 3.8) is 0 Å². The van der Waals surface area contributed by atoms with Gasteiger partial charge in [0.2, 0.25) is 11.1 Å². The van der Waals surface area contributed by atoms with Gasteiger partial charge < -0.3 is 14.2 Å². The lowest BCUT2D eigenvalue weighted by Gasteiger charge is -2.32. The van der Waals surface area contributed by atoms with Gasteiger partial charge in [0, 0.05) is 25.8 Å². The molecule has 1 fully saturated rings. The van der Waals surface area contributed by atoms with Crippen molar-refractivity contribution in [2.75, 3.05) is 26.8 Å². The lowest BCUT2D eigenvalue weighted by molar-refractivity contribution is -0.132. The Balaban J connectivity index is 1.96. The van der Waals surface area contributed by atoms with Gasteiger partial charge in [-0.25, -0.2) is 0 Å². The quantitative estimate of drug-likeness (QED) is 0.850. The van der Waals surface area contributed by atoms with Crippen LogP contribution in [-0.2, 0) is 16.0 Å². The molecule has 2 heterocycles. The number of carbonyl (C=O) groups excluding carboxylic acids is 1. The summed E-state index contributed by atoms with van der Waals surface area (Å²) in [6, 6.07) is 0. The summed E-state index contributed by atoms with van der Waals surface area (Å²) in [6.07, 6.45) is 2.40. The zero-order valence-electron chi connectivity index (χ0n) is 11.3. The van der Waals surface area contributed by atoms with Crippen LogP contribution < -0.4 is 0 Å². The van der Waals surface area contributed by atoms with Gasteiger partial charge in [-0.1, -0.05) is 5.16 Å². The Labute approximate surface area is 117 Å². The van der Waals surface area contributed by atoms with E-state index in [1.807, 2.05) is 4.90 Å². The molecular weight excluding hydrogens is 268 g/mol. The van der Waals surface area contributed by atoms with E-state index in [4.69, 9.17) is 20.9 Å². The van der Waals surface area contributed by atoms with E-state index < -0.39 is 0 Å². The van der Waals surface area contributed by atoms with Crippen molar-refractivity contribution >= 4 is 17.5 Å². The van der Waals surface area contributed by atoms with Crippen LogP contribution in [0, 0.1) is 12.8 Å². The zero-order chi connectivity index (χ0) is 13.8. The number of ether oxygens (including phenoxy) is 1. The van der Waals surface area contributed by atoms with Crippen molar-refractivity contribution in [3.05, 3.63) is 16.5 Å². The molecule has 5 nitrogen and oxygen atoms in total. The number of likely N-dealkylation sites (tertiary alicyclic amines) is 1. The van der Waals surface area contributed by atoms with E-state index in [2.05, 4.69) is 5.16 Å². The number of aryl methyl sites for hydroxylation is 1. The monoisotopic (exact) mass is 286 g/mol. The average molecular weight is 287 g/mol. The Kier molecular flexibility index (Phi) is 4.82. The molecule has 1 unspecified atom stereocenters. The maximum absolute atomic E-state index is 12.3. The number of rotatable bonds is 4. The Morgan fingerprint density at radius 3 is 3.05 bits per heavy atom. The minimum atomic E-state index is 0.0778. The van der Waals surface area contributed by atoms with Crippen LogP contribution in [0.4, 0.5) is 0 Å². The third-order valence-electron chi connectivity index (χ3n) is 3.54. The highest BCUT2D eigenvalue weighted by molar-refractivity contribution is 6.29. The summed E-state index contributed by atoms with van der Waals surface area (Å²) in [5, 5.41) is 3.98. The predicted molar refractivity (Wildman–Crippen MR) is 71.1 cm³/mol. The molecule has 0 saturated carbocycles. The molecule has 1 aromatic heterocycles. The molecule has 0 aliphatic carbocycles. The molecule has 1 amide bonds. The molecule has 19 heavy (non-hydrogen) atoms. The van der Waals surface area contributed by atoms with E-state index in [1.165, 1.54) is 0 Å². The van der Waals surface area contributed by atoms with Gasteiger partial charge in [0.15, 0.2) is 0 Å². The second-order valence-electron chi connectivity index (χ2n) is 5.00. The van der Waals surface area contributed by atoms with Crippen LogP contribution in [0.2, 0.25) is 5.22 Å². The number of carbonyl (C=O) groups is 1. The SMILES string of the molecule is COCC1CCCN(C(=O)Cc2c(C)noc2Cl)C1. The molecule has 0 aromatic carbocycles. The van der Waals surface area contributed by atoms with Crippen molar-refractivity contribution in [3.8, 4) is 0 Å². The third-order valence-corrected chi connectivity index (χ3v) is 3.84. The smallest absolute Gasteiger partial charge is 0.229 e. The Bertz CT molecular complexity index is 426. The first-order valence-corrected chi connectivity index (χ1v) is 6.87. The predicted octanol–water partition coefficient (Wildman–Crippen LogP) is 2.06. The summed E-state index contributed by atoms with van der Waals surface area (Å²) in [5.74, 6) is 0.510. The largest absolute Gasteiger partial charge is 0.384 e. The normalized spacial score (nSPS) is 19.7. The molecule has 1 aliphatic heterocycles. The standard InChI is InChI=1S/C13H19ClN2O3/c1-9-11(13(14)19-15-9)6-12(17)16-5-3-4-10(7-16)8-18-2/h10H,3-8H2,1-2H3. The Morgan fingerprint density at radius 2 is 2.42 bits per heavy atom. The van der Waals surface area contributed by atoms with Crippen molar-refractivity contribution < 1.29 is 14.1 Å². The van der Waals surface area contributed by atoms with E-state index in [-0.39, 0.29) is 17.5 Å². The first-order valence-electron chi connectivity index (χ1n) is 6.49. The highest BCUT2D eigenvalue weighted by atomic mass is 35.5. The molecule has 0 radical (unpaired) electrons. The Morgan fingerprint density at radius 1 is 1.63 bits per heavy atom. The molecule has 1 aromatic rings. The van der Waals surface area contributed by atoms with Gasteiger partial charge in [0.1, 0.15) is 0 Å². The van der Waals surface area contributed by atoms with Crippen LogP contribution in [0.25, 0.3) is 0 Å². The summed E-state index contributed by atoms with van der Waals surface area (Å²) >= 11 is 5.89. The van der Waals surface area contributed by atoms with E-state index in [0.717, 1.165) is 25.9 Å². The maximum atomic E-state index is 12.3. The average Bonchev–Trinajstić information content (AvgIpc) is 2.71. The summed E-state index contributed by atoms with van der Waals surface area (Å²) < 4.78 is 10.0. The summed E-state index contributed by atoms with van der Waals surface area (Å²) in [7, 11) is 1.70. The fourth-order valence-electron chi connectivity index (χ4n) is 2.48. The second kappa shape index (κ2) is 6.39. The maximum Gasteiger partial charge on any atom is 0.229 e. The zero-order valence-corrected chi connectivity index (χ0v) is 12.1. The van der Waals surface area contributed by atoms with Crippen LogP contribution in [-0.4, -0.2) is 42.8 Å². The molecular formula is C13H19ClN2O3. The summed E-state index contributed by atoms with van der Waals surface area (Å²) in [5.41, 5.74) is 1.38. The lowest BCUT2D eigenvalue weighted by atomic mass is 9.98. The number of amides is 1. The van der Waals surface area contributed by atoms with Crippen LogP contribution in [0.15, 0.2) is 4.52 Å². The van der Waals surface area contributed by atoms with Gasteiger partial charge in [0.05, 0.1) is 18.7 Å². The minimum absolute atomic E-state index is 0.0778. The number of nitrogens with zero attached hydrogens (tertiary/aromatic N) is 2. The van der Waals surface area contributed by atoms with Crippen molar-refractivity contribution in [2.45, 2.75) is 26.2 Å². The molecule has 1 atom stereocenters. The highest BCUT2D eigenvalue weighted by Gasteiger charge is 2.25. The number of halogens is 1. The highest BCUT2D eigenvalue weighted by Crippen LogP contribution is 2.22. The minimum Gasteiger partial charge on any atom is -0.384 e. The first-order chi connectivity index (χ1) is 9.11. The number of piperidine rings is 1. The van der Waals surface area contributed by atoms with Crippen LogP contribution in [0.3, 0.4) is 0 Å². The van der Waals surface area contributed by atoms with Crippen LogP contribution >= 0.6 is 11.6 Å². The summed E-state index contributed by atoms with van der Waals surface area (Å²) in [6.45, 7) is 4.06. The molecule has 2 rings (SSSR count). The number of aromatic nitrogens is 1. The lowest BCUT2D eigenvalue weighted by Crippen LogP contribution is -2.41. The van der Waals surface area contributed by atoms with Gasteiger partial charge in [-0.15, -0.1) is 0 Å². The fraction of sp³-hybridized carbons (Fsp3) is 0.692. The molecule has 0 spiro atoms. The number of hydrogen-bond donors (Lipinski definition) is 0. The number of methoxy groups -OCH3 is 1. The van der Waals surface area contributed by atoms with E-state index in [9.17, 15) is 4.79 Å². The fourth-order valence-corrected chi connectivity index (χ4v) is 2.72. The van der Waals surface area contributed by atoms with E-state index in [1.54, 1.807) is 14.0 Å². The van der Waals surface area contributed by atoms with Crippen LogP contribution in [0.1, 0.15) is 24.1 Å². The van der Waals surface area contributed by atoms with Crippen molar-refractivity contribution in [1.29, 1.82) is 0 Å². The summed E-state index contributed by atoms with van der Waals surface area (Å²) in [4.78, 5) is 14.2. The molecule has 1 saturated heterocycles. The molecule has 106 valence electrons. The number of hydrogen-bond acceptors (Lipinski definition) is 4. The molecule has 6 heteroatoms. The van der Waals surface area contributed by atoms with Gasteiger partial charge in [-0.05, 0) is 37.3 Å². The Hall–Kier alpha value is -1.07. The van der Waals surface area contributed by atoms with Gasteiger partial charge in [0.25, 0.3) is 0 Å². The van der Waals surface area contributed by atoms with Gasteiger partial charge in [-0.3, -0.25) is 4.79 Å². The van der Waals surface area contributed by atoms with E-state index >= 15 is 0 Å². The van der Waals surface area contributed by atoms with Crippen molar-refractivity contribution in [2.24, 2.45) is 5.92 Å². The molecule has 1 aliphatic rings. The third kappa shape index (κ3) is 3.48. The molecule has 0 bridgehead atoms. The van der Waals surface area contributed by atoms with Crippen LogP contribution in [0.5, 0.6) is 0 Å². The topological polar surface area (TPSA) is 55.6 Å². The van der Waals surface area contributed by atoms with Gasteiger partial charge >= 0.3 is 0 Å². The van der Waals surface area contributed by atoms with Gasteiger partial charge in [-0.2, -0.15) is 0 Å². The first kappa shape index (κ1) is 14.3. The second-order valence-corrected chi connectivity index (χ2v) is 5.34. The molecule has 0 N–H and O–H groups in total. The van der Waals surface area contributed by atoms with Crippen molar-refractivity contribution in [1.82, 2.24) is 10.1 Å².